The second kappa shape index (κ2) is 12.0. The molecule has 38 heavy (non-hydrogen) atoms. The lowest BCUT2D eigenvalue weighted by molar-refractivity contribution is -0.148. The number of rotatable bonds is 8. The molecule has 3 aromatic rings. The average Bonchev–Trinajstić information content (AvgIpc) is 2.83. The van der Waals surface area contributed by atoms with Crippen LogP contribution in [0.5, 0.6) is 0 Å². The van der Waals surface area contributed by atoms with Crippen LogP contribution < -0.4 is 0 Å². The maximum absolute atomic E-state index is 13.8. The first-order valence-electron chi connectivity index (χ1n) is 12.0. The van der Waals surface area contributed by atoms with Gasteiger partial charge >= 0.3 is 16.1 Å². The quantitative estimate of drug-likeness (QED) is 0.0929. The molecule has 0 spiro atoms. The van der Waals surface area contributed by atoms with Crippen molar-refractivity contribution in [2.45, 2.75) is 51.5 Å². The van der Waals surface area contributed by atoms with Gasteiger partial charge in [-0.2, -0.15) is 8.42 Å². The van der Waals surface area contributed by atoms with E-state index in [0.717, 1.165) is 5.56 Å². The van der Waals surface area contributed by atoms with Gasteiger partial charge in [-0.3, -0.25) is 0 Å². The number of hydrogen-bond donors (Lipinski definition) is 0. The van der Waals surface area contributed by atoms with Gasteiger partial charge in [-0.1, -0.05) is 66.6 Å². The molecule has 0 bridgehead atoms. The Balaban J connectivity index is 2.07. The number of carbonyl (C=O) groups is 1. The number of esters is 1. The predicted molar refractivity (Wildman–Crippen MR) is 149 cm³/mol. The molecule has 0 saturated heterocycles. The van der Waals surface area contributed by atoms with Gasteiger partial charge in [0.2, 0.25) is 0 Å². The number of carbonyl (C=O) groups excluding carboxylic acids is 1. The van der Waals surface area contributed by atoms with Crippen LogP contribution in [0.25, 0.3) is 17.4 Å². The third kappa shape index (κ3) is 7.79. The molecule has 3 aromatic carbocycles. The molecule has 0 saturated carbocycles. The summed E-state index contributed by atoms with van der Waals surface area (Å²) in [5.41, 5.74) is 2.40. The van der Waals surface area contributed by atoms with Crippen molar-refractivity contribution in [1.29, 1.82) is 0 Å². The fraction of sp³-hybridized carbons (Fsp3) is 0.233. The summed E-state index contributed by atoms with van der Waals surface area (Å²) in [6.45, 7) is 9.03. The van der Waals surface area contributed by atoms with Crippen LogP contribution >= 0.6 is 11.6 Å². The highest BCUT2D eigenvalue weighted by molar-refractivity contribution is 7.87. The molecular formula is C30H30ClFO5S. The summed E-state index contributed by atoms with van der Waals surface area (Å²) in [6.07, 6.45) is 3.28. The highest BCUT2D eigenvalue weighted by Gasteiger charge is 2.23. The van der Waals surface area contributed by atoms with Crippen molar-refractivity contribution in [3.8, 4) is 0 Å². The van der Waals surface area contributed by atoms with Gasteiger partial charge < -0.3 is 8.92 Å². The first-order valence-corrected chi connectivity index (χ1v) is 13.8. The minimum Gasteiger partial charge on any atom is -0.457 e. The molecule has 0 radical (unpaired) electrons. The van der Waals surface area contributed by atoms with Crippen LogP contribution in [-0.4, -0.2) is 20.0 Å². The molecule has 0 atom stereocenters. The highest BCUT2D eigenvalue weighted by atomic mass is 35.5. The standard InChI is InChI=1S/C30H30ClFO5S/c1-6-25(26-17-14-23(32)19-27(26)31)29(37-38(34,35)24-15-7-20(2)8-16-24)22-12-9-21(10-13-22)11-18-28(33)36-30(3,4)5/h7-19H,6H2,1-5H3. The summed E-state index contributed by atoms with van der Waals surface area (Å²) in [4.78, 5) is 12.0. The van der Waals surface area contributed by atoms with E-state index in [9.17, 15) is 17.6 Å². The zero-order chi connectivity index (χ0) is 28.1. The third-order valence-electron chi connectivity index (χ3n) is 5.38. The van der Waals surface area contributed by atoms with Crippen LogP contribution in [0, 0.1) is 12.7 Å². The highest BCUT2D eigenvalue weighted by Crippen LogP contribution is 2.36. The molecule has 0 aromatic heterocycles. The van der Waals surface area contributed by atoms with Crippen molar-refractivity contribution < 1.29 is 26.5 Å². The van der Waals surface area contributed by atoms with Crippen molar-refractivity contribution in [2.75, 3.05) is 0 Å². The van der Waals surface area contributed by atoms with Crippen molar-refractivity contribution in [1.82, 2.24) is 0 Å². The first-order chi connectivity index (χ1) is 17.8. The normalized spacial score (nSPS) is 12.8. The molecular weight excluding hydrogens is 527 g/mol. The van der Waals surface area contributed by atoms with Crippen LogP contribution in [0.2, 0.25) is 5.02 Å². The lowest BCUT2D eigenvalue weighted by Crippen LogP contribution is -2.22. The lowest BCUT2D eigenvalue weighted by atomic mass is 9.98. The van der Waals surface area contributed by atoms with Gasteiger partial charge in [-0.15, -0.1) is 0 Å². The van der Waals surface area contributed by atoms with E-state index in [1.165, 1.54) is 36.4 Å². The maximum atomic E-state index is 13.8. The van der Waals surface area contributed by atoms with E-state index < -0.39 is 27.5 Å². The summed E-state index contributed by atoms with van der Waals surface area (Å²) < 4.78 is 51.3. The molecule has 0 aliphatic heterocycles. The van der Waals surface area contributed by atoms with Crippen molar-refractivity contribution in [3.63, 3.8) is 0 Å². The minimum atomic E-state index is -4.21. The number of allylic oxidation sites excluding steroid dienone is 1. The molecule has 3 rings (SSSR count). The number of ether oxygens (including phenoxy) is 1. The fourth-order valence-corrected chi connectivity index (χ4v) is 4.85. The molecule has 200 valence electrons. The van der Waals surface area contributed by atoms with E-state index in [4.69, 9.17) is 20.5 Å². The molecule has 0 unspecified atom stereocenters. The monoisotopic (exact) mass is 556 g/mol. The van der Waals surface area contributed by atoms with Gasteiger partial charge in [0.15, 0.2) is 5.76 Å². The maximum Gasteiger partial charge on any atom is 0.339 e. The zero-order valence-corrected chi connectivity index (χ0v) is 23.5. The molecule has 0 heterocycles. The Morgan fingerprint density at radius 3 is 2.18 bits per heavy atom. The summed E-state index contributed by atoms with van der Waals surface area (Å²) in [7, 11) is -4.21. The van der Waals surface area contributed by atoms with E-state index in [2.05, 4.69) is 0 Å². The number of benzene rings is 3. The number of aryl methyl sites for hydroxylation is 1. The van der Waals surface area contributed by atoms with Crippen molar-refractivity contribution in [3.05, 3.63) is 106 Å². The van der Waals surface area contributed by atoms with Crippen LogP contribution in [0.1, 0.15) is 56.4 Å². The van der Waals surface area contributed by atoms with Crippen LogP contribution in [0.3, 0.4) is 0 Å². The molecule has 0 aliphatic rings. The van der Waals surface area contributed by atoms with Gasteiger partial charge in [0, 0.05) is 22.8 Å². The Hall–Kier alpha value is -3.42. The van der Waals surface area contributed by atoms with Gasteiger partial charge in [-0.05, 0) is 70.0 Å². The summed E-state index contributed by atoms with van der Waals surface area (Å²) in [5.74, 6) is -0.914. The van der Waals surface area contributed by atoms with Gasteiger partial charge in [-0.25, -0.2) is 9.18 Å². The minimum absolute atomic E-state index is 0.00169. The van der Waals surface area contributed by atoms with Gasteiger partial charge in [0.1, 0.15) is 16.3 Å². The second-order valence-electron chi connectivity index (χ2n) is 9.62. The van der Waals surface area contributed by atoms with E-state index in [1.807, 2.05) is 13.8 Å². The van der Waals surface area contributed by atoms with Crippen LogP contribution in [-0.2, 0) is 23.8 Å². The predicted octanol–water partition coefficient (Wildman–Crippen LogP) is 7.83. The third-order valence-corrected chi connectivity index (χ3v) is 6.93. The average molecular weight is 557 g/mol. The Kier molecular flexibility index (Phi) is 9.18. The van der Waals surface area contributed by atoms with Crippen LogP contribution in [0.15, 0.2) is 77.7 Å². The molecule has 0 amide bonds. The lowest BCUT2D eigenvalue weighted by Gasteiger charge is -2.18. The van der Waals surface area contributed by atoms with Gasteiger partial charge in [0.25, 0.3) is 0 Å². The molecule has 0 fully saturated rings. The van der Waals surface area contributed by atoms with Gasteiger partial charge in [0.05, 0.1) is 5.02 Å². The van der Waals surface area contributed by atoms with E-state index in [0.29, 0.717) is 28.7 Å². The largest absolute Gasteiger partial charge is 0.457 e. The van der Waals surface area contributed by atoms with E-state index >= 15 is 0 Å². The number of halogens is 2. The second-order valence-corrected chi connectivity index (χ2v) is 11.6. The first kappa shape index (κ1) is 29.1. The SMILES string of the molecule is CCC(=C(OS(=O)(=O)c1ccc(C)cc1)c1ccc(C=CC(=O)OC(C)(C)C)cc1)c1ccc(F)cc1Cl. The molecule has 5 nitrogen and oxygen atoms in total. The summed E-state index contributed by atoms with van der Waals surface area (Å²) >= 11 is 6.35. The molecule has 8 heteroatoms. The Bertz CT molecular complexity index is 1470. The summed E-state index contributed by atoms with van der Waals surface area (Å²) in [5, 5.41) is 0.132. The smallest absolute Gasteiger partial charge is 0.339 e. The van der Waals surface area contributed by atoms with Crippen LogP contribution in [0.4, 0.5) is 4.39 Å². The number of hydrogen-bond acceptors (Lipinski definition) is 5. The Labute approximate surface area is 228 Å². The van der Waals surface area contributed by atoms with E-state index in [1.54, 1.807) is 63.2 Å². The zero-order valence-electron chi connectivity index (χ0n) is 21.9. The van der Waals surface area contributed by atoms with Crippen molar-refractivity contribution in [2.24, 2.45) is 0 Å². The fourth-order valence-electron chi connectivity index (χ4n) is 3.59. The Morgan fingerprint density at radius 1 is 1.00 bits per heavy atom. The topological polar surface area (TPSA) is 69.7 Å². The van der Waals surface area contributed by atoms with Crippen molar-refractivity contribution >= 4 is 45.1 Å². The summed E-state index contributed by atoms with van der Waals surface area (Å²) in [6, 6.07) is 17.0. The molecule has 0 N–H and O–H groups in total. The van der Waals surface area contributed by atoms with E-state index in [-0.39, 0.29) is 15.7 Å². The Morgan fingerprint density at radius 2 is 1.63 bits per heavy atom. The molecule has 0 aliphatic carbocycles.